The Morgan fingerprint density at radius 1 is 1.04 bits per heavy atom. The number of carbonyl (C=O) groups excluding carboxylic acids is 1. The van der Waals surface area contributed by atoms with Crippen molar-refractivity contribution in [2.24, 2.45) is 0 Å². The first-order valence-corrected chi connectivity index (χ1v) is 9.57. The number of hydrogen-bond acceptors (Lipinski definition) is 4. The fourth-order valence-corrected chi connectivity index (χ4v) is 3.75. The molecule has 2 aromatic carbocycles. The van der Waals surface area contributed by atoms with E-state index in [2.05, 4.69) is 33.8 Å². The zero-order chi connectivity index (χ0) is 19.5. The highest BCUT2D eigenvalue weighted by Gasteiger charge is 2.29. The van der Waals surface area contributed by atoms with E-state index in [1.165, 1.54) is 5.56 Å². The molecule has 2 heterocycles. The van der Waals surface area contributed by atoms with Crippen LogP contribution >= 0.6 is 0 Å². The van der Waals surface area contributed by atoms with E-state index >= 15 is 0 Å². The predicted molar refractivity (Wildman–Crippen MR) is 105 cm³/mol. The van der Waals surface area contributed by atoms with Crippen LogP contribution in [0.5, 0.6) is 0 Å². The van der Waals surface area contributed by atoms with Crippen molar-refractivity contribution in [2.45, 2.75) is 39.0 Å². The molecule has 3 aromatic rings. The number of rotatable bonds is 5. The Kier molecular flexibility index (Phi) is 5.21. The van der Waals surface area contributed by atoms with Gasteiger partial charge in [-0.2, -0.15) is 0 Å². The van der Waals surface area contributed by atoms with Gasteiger partial charge in [0.15, 0.2) is 5.82 Å². The molecule has 0 saturated carbocycles. The lowest BCUT2D eigenvalue weighted by Gasteiger charge is -2.32. The molecule has 1 atom stereocenters. The molecule has 4 rings (SSSR count). The van der Waals surface area contributed by atoms with Gasteiger partial charge in [0.05, 0.1) is 25.6 Å². The first kappa shape index (κ1) is 18.4. The third kappa shape index (κ3) is 3.82. The highest BCUT2D eigenvalue weighted by Crippen LogP contribution is 2.23. The van der Waals surface area contributed by atoms with Crippen molar-refractivity contribution in [3.05, 3.63) is 82.9 Å². The van der Waals surface area contributed by atoms with Gasteiger partial charge in [0.2, 0.25) is 5.91 Å². The smallest absolute Gasteiger partial charge is 0.227 e. The number of aromatic nitrogens is 3. The first-order valence-electron chi connectivity index (χ1n) is 9.57. The largest absolute Gasteiger partial charge is 0.392 e. The van der Waals surface area contributed by atoms with E-state index in [-0.39, 0.29) is 18.6 Å². The molecule has 6 heteroatoms. The van der Waals surface area contributed by atoms with Crippen molar-refractivity contribution in [1.29, 1.82) is 0 Å². The number of amides is 1. The third-order valence-electron chi connectivity index (χ3n) is 5.21. The fourth-order valence-electron chi connectivity index (χ4n) is 3.75. The molecule has 6 nitrogen and oxygen atoms in total. The van der Waals surface area contributed by atoms with Gasteiger partial charge < -0.3 is 14.6 Å². The Balaban J connectivity index is 1.46. The van der Waals surface area contributed by atoms with Crippen LogP contribution in [0.2, 0.25) is 0 Å². The van der Waals surface area contributed by atoms with Crippen LogP contribution in [0.4, 0.5) is 0 Å². The Labute approximate surface area is 164 Å². The second-order valence-electron chi connectivity index (χ2n) is 7.34. The summed E-state index contributed by atoms with van der Waals surface area (Å²) in [7, 11) is 0. The summed E-state index contributed by atoms with van der Waals surface area (Å²) in [5, 5.41) is 17.9. The summed E-state index contributed by atoms with van der Waals surface area (Å²) in [6, 6.07) is 17.9. The Hall–Kier alpha value is -2.99. The lowest BCUT2D eigenvalue weighted by Crippen LogP contribution is -2.41. The molecule has 0 spiro atoms. The molecule has 28 heavy (non-hydrogen) atoms. The van der Waals surface area contributed by atoms with Crippen molar-refractivity contribution in [3.63, 3.8) is 0 Å². The Morgan fingerprint density at radius 3 is 2.46 bits per heavy atom. The predicted octanol–water partition coefficient (Wildman–Crippen LogP) is 2.51. The minimum absolute atomic E-state index is 0.0127. The molecule has 1 aromatic heterocycles. The number of fused-ring (bicyclic) bond motifs is 1. The van der Waals surface area contributed by atoms with Crippen molar-refractivity contribution >= 4 is 5.91 Å². The van der Waals surface area contributed by atoms with Gasteiger partial charge in [-0.05, 0) is 23.6 Å². The number of aliphatic hydroxyl groups excluding tert-OH is 1. The van der Waals surface area contributed by atoms with E-state index in [0.29, 0.717) is 19.5 Å². The average Bonchev–Trinajstić information content (AvgIpc) is 3.12. The number of benzene rings is 2. The molecular formula is C22H24N4O2. The summed E-state index contributed by atoms with van der Waals surface area (Å²) >= 11 is 0. The summed E-state index contributed by atoms with van der Waals surface area (Å²) in [5.74, 6) is 1.87. The minimum atomic E-state index is 0.0127. The maximum Gasteiger partial charge on any atom is 0.227 e. The quantitative estimate of drug-likeness (QED) is 0.743. The third-order valence-corrected chi connectivity index (χ3v) is 5.21. The van der Waals surface area contributed by atoms with E-state index in [1.807, 2.05) is 47.4 Å². The number of hydrogen-bond donors (Lipinski definition) is 1. The highest BCUT2D eigenvalue weighted by atomic mass is 16.3. The topological polar surface area (TPSA) is 71.2 Å². The van der Waals surface area contributed by atoms with Crippen molar-refractivity contribution in [3.8, 4) is 0 Å². The van der Waals surface area contributed by atoms with Crippen molar-refractivity contribution in [2.75, 3.05) is 6.54 Å². The zero-order valence-corrected chi connectivity index (χ0v) is 16.0. The van der Waals surface area contributed by atoms with Crippen LogP contribution in [0, 0.1) is 0 Å². The van der Waals surface area contributed by atoms with Gasteiger partial charge in [-0.15, -0.1) is 10.2 Å². The van der Waals surface area contributed by atoms with E-state index in [9.17, 15) is 4.79 Å². The molecule has 0 bridgehead atoms. The van der Waals surface area contributed by atoms with Crippen LogP contribution in [-0.2, 0) is 30.8 Å². The Morgan fingerprint density at radius 2 is 1.75 bits per heavy atom. The lowest BCUT2D eigenvalue weighted by molar-refractivity contribution is -0.132. The lowest BCUT2D eigenvalue weighted by atomic mass is 10.1. The number of aliphatic hydroxyl groups is 1. The first-order chi connectivity index (χ1) is 13.6. The van der Waals surface area contributed by atoms with Gasteiger partial charge >= 0.3 is 0 Å². The van der Waals surface area contributed by atoms with Gasteiger partial charge in [-0.25, -0.2) is 0 Å². The minimum Gasteiger partial charge on any atom is -0.392 e. The van der Waals surface area contributed by atoms with Gasteiger partial charge in [0, 0.05) is 13.0 Å². The molecule has 0 saturated heterocycles. The summed E-state index contributed by atoms with van der Waals surface area (Å²) < 4.78 is 2.17. The molecule has 0 radical (unpaired) electrons. The molecule has 144 valence electrons. The Bertz CT molecular complexity index is 950. The maximum atomic E-state index is 12.8. The molecule has 1 aliphatic heterocycles. The van der Waals surface area contributed by atoms with Crippen molar-refractivity contribution in [1.82, 2.24) is 19.7 Å². The molecule has 0 fully saturated rings. The average molecular weight is 376 g/mol. The maximum absolute atomic E-state index is 12.8. The normalized spacial score (nSPS) is 16.1. The standard InChI is InChI=1S/C22H24N4O2/c1-16-13-25(22(28)12-18-7-9-19(15-27)10-8-18)14-21-24-23-20(26(16)21)11-17-5-3-2-4-6-17/h2-10,16,27H,11-15H2,1H3/t16-/m0/s1. The summed E-state index contributed by atoms with van der Waals surface area (Å²) in [4.78, 5) is 14.7. The molecule has 1 aliphatic rings. The van der Waals surface area contributed by atoms with E-state index < -0.39 is 0 Å². The molecular weight excluding hydrogens is 352 g/mol. The van der Waals surface area contributed by atoms with Gasteiger partial charge in [-0.1, -0.05) is 54.6 Å². The zero-order valence-electron chi connectivity index (χ0n) is 16.0. The molecule has 0 aliphatic carbocycles. The molecule has 0 unspecified atom stereocenters. The summed E-state index contributed by atoms with van der Waals surface area (Å²) in [5.41, 5.74) is 3.00. The van der Waals surface area contributed by atoms with Crippen molar-refractivity contribution < 1.29 is 9.90 Å². The van der Waals surface area contributed by atoms with E-state index in [1.54, 1.807) is 0 Å². The van der Waals surface area contributed by atoms with Crippen LogP contribution in [0.25, 0.3) is 0 Å². The number of nitrogens with zero attached hydrogens (tertiary/aromatic N) is 4. The van der Waals surface area contributed by atoms with Gasteiger partial charge in [0.25, 0.3) is 0 Å². The van der Waals surface area contributed by atoms with Crippen LogP contribution in [-0.4, -0.2) is 37.2 Å². The highest BCUT2D eigenvalue weighted by molar-refractivity contribution is 5.78. The molecule has 1 N–H and O–H groups in total. The second-order valence-corrected chi connectivity index (χ2v) is 7.34. The number of carbonyl (C=O) groups is 1. The monoisotopic (exact) mass is 376 g/mol. The summed E-state index contributed by atoms with van der Waals surface area (Å²) in [6.07, 6.45) is 1.09. The van der Waals surface area contributed by atoms with Crippen LogP contribution in [0.15, 0.2) is 54.6 Å². The van der Waals surface area contributed by atoms with Crippen LogP contribution in [0.3, 0.4) is 0 Å². The van der Waals surface area contributed by atoms with Gasteiger partial charge in [-0.3, -0.25) is 4.79 Å². The summed E-state index contributed by atoms with van der Waals surface area (Å²) in [6.45, 7) is 3.26. The van der Waals surface area contributed by atoms with Gasteiger partial charge in [0.1, 0.15) is 5.82 Å². The second kappa shape index (κ2) is 7.94. The van der Waals surface area contributed by atoms with E-state index in [4.69, 9.17) is 5.11 Å². The molecule has 1 amide bonds. The fraction of sp³-hybridized carbons (Fsp3) is 0.318. The SMILES string of the molecule is C[C@H]1CN(C(=O)Cc2ccc(CO)cc2)Cc2nnc(Cc3ccccc3)n21. The van der Waals surface area contributed by atoms with Crippen LogP contribution in [0.1, 0.15) is 41.3 Å². The van der Waals surface area contributed by atoms with Crippen LogP contribution < -0.4 is 0 Å². The van der Waals surface area contributed by atoms with E-state index in [0.717, 1.165) is 29.2 Å².